The predicted molar refractivity (Wildman–Crippen MR) is 106 cm³/mol. The summed E-state index contributed by atoms with van der Waals surface area (Å²) in [4.78, 5) is 12.9. The second kappa shape index (κ2) is 8.86. The highest BCUT2D eigenvalue weighted by Gasteiger charge is 2.66. The quantitative estimate of drug-likeness (QED) is 0.514. The normalized spacial score (nSPS) is 42.1. The molecule has 3 rings (SSSR count). The number of halogens is 2. The van der Waals surface area contributed by atoms with Gasteiger partial charge in [-0.15, -0.1) is 0 Å². The van der Waals surface area contributed by atoms with Gasteiger partial charge in [0.2, 0.25) is 5.79 Å². The molecule has 184 valence electrons. The summed E-state index contributed by atoms with van der Waals surface area (Å²) in [6.45, 7) is 9.04. The third-order valence-corrected chi connectivity index (χ3v) is 7.10. The van der Waals surface area contributed by atoms with Crippen LogP contribution in [-0.4, -0.2) is 85.1 Å². The maximum absolute atomic E-state index is 15.2. The van der Waals surface area contributed by atoms with E-state index in [4.69, 9.17) is 23.7 Å². The smallest absolute Gasteiger partial charge is 0.284 e. The van der Waals surface area contributed by atoms with Crippen molar-refractivity contribution in [3.8, 4) is 0 Å². The van der Waals surface area contributed by atoms with Crippen LogP contribution in [0.1, 0.15) is 34.1 Å². The van der Waals surface area contributed by atoms with E-state index in [1.54, 1.807) is 6.92 Å². The highest BCUT2D eigenvalue weighted by atomic mass is 19.3. The van der Waals surface area contributed by atoms with Gasteiger partial charge in [0.25, 0.3) is 11.8 Å². The minimum absolute atomic E-state index is 0.00948. The second-order valence-corrected chi connectivity index (χ2v) is 9.28. The fourth-order valence-corrected chi connectivity index (χ4v) is 4.40. The predicted octanol–water partition coefficient (Wildman–Crippen LogP) is 0.928. The van der Waals surface area contributed by atoms with E-state index < -0.39 is 67.1 Å². The maximum Gasteiger partial charge on any atom is 0.284 e. The van der Waals surface area contributed by atoms with Gasteiger partial charge in [-0.2, -0.15) is 0 Å². The number of carbonyl (C=O) groups is 1. The molecule has 3 aliphatic rings. The van der Waals surface area contributed by atoms with Gasteiger partial charge in [0.1, 0.15) is 12.9 Å². The van der Waals surface area contributed by atoms with Crippen LogP contribution in [0.3, 0.4) is 0 Å². The van der Waals surface area contributed by atoms with Crippen LogP contribution >= 0.6 is 0 Å². The van der Waals surface area contributed by atoms with E-state index in [0.717, 1.165) is 5.57 Å². The van der Waals surface area contributed by atoms with Crippen molar-refractivity contribution in [2.24, 2.45) is 11.3 Å². The Morgan fingerprint density at radius 3 is 2.56 bits per heavy atom. The first-order valence-corrected chi connectivity index (χ1v) is 10.6. The van der Waals surface area contributed by atoms with Gasteiger partial charge in [-0.3, -0.25) is 4.79 Å². The first kappa shape index (κ1) is 25.4. The standard InChI is InChI=1S/C21H33F2NO8/c1-10-7-20(28-6,32-12(3)11(10)2)15(26)17(27)24-18-14-16(29-9-30-18)21(22,23)19(4,5)13(8-25)31-14/h11-16,18,25-26H,1,7-9H2,2-6H3,(H,24,27)/t11?,12-,13?,14+,15?,16+,18?,20-/m1/s1. The van der Waals surface area contributed by atoms with E-state index in [2.05, 4.69) is 11.9 Å². The number of fused-ring (bicyclic) bond motifs is 1. The summed E-state index contributed by atoms with van der Waals surface area (Å²) in [5.74, 6) is -6.04. The Balaban J connectivity index is 1.79. The number of nitrogens with one attached hydrogen (secondary N) is 1. The van der Waals surface area contributed by atoms with Gasteiger partial charge in [-0.1, -0.05) is 32.9 Å². The summed E-state index contributed by atoms with van der Waals surface area (Å²) in [5.41, 5.74) is -0.986. The molecule has 1 amide bonds. The van der Waals surface area contributed by atoms with Gasteiger partial charge in [-0.25, -0.2) is 8.78 Å². The van der Waals surface area contributed by atoms with Crippen molar-refractivity contribution in [1.29, 1.82) is 0 Å². The zero-order valence-corrected chi connectivity index (χ0v) is 19.0. The second-order valence-electron chi connectivity index (χ2n) is 9.28. The maximum atomic E-state index is 15.2. The molecule has 3 N–H and O–H groups in total. The molecule has 32 heavy (non-hydrogen) atoms. The Bertz CT molecular complexity index is 735. The Labute approximate surface area is 186 Å². The molecule has 0 saturated carbocycles. The van der Waals surface area contributed by atoms with Gasteiger partial charge in [-0.05, 0) is 6.92 Å². The summed E-state index contributed by atoms with van der Waals surface area (Å²) in [6.07, 6.45) is -7.85. The Morgan fingerprint density at radius 2 is 2.00 bits per heavy atom. The monoisotopic (exact) mass is 465 g/mol. The third-order valence-electron chi connectivity index (χ3n) is 7.10. The van der Waals surface area contributed by atoms with Crippen molar-refractivity contribution in [3.63, 3.8) is 0 Å². The first-order valence-electron chi connectivity index (χ1n) is 10.6. The number of hydrogen-bond acceptors (Lipinski definition) is 8. The average molecular weight is 465 g/mol. The number of hydrogen-bond donors (Lipinski definition) is 3. The molecule has 3 saturated heterocycles. The molecule has 0 aromatic rings. The molecule has 0 bridgehead atoms. The summed E-state index contributed by atoms with van der Waals surface area (Å²) < 4.78 is 57.7. The molecule has 11 heteroatoms. The van der Waals surface area contributed by atoms with Crippen molar-refractivity contribution in [2.45, 2.75) is 82.6 Å². The van der Waals surface area contributed by atoms with Crippen molar-refractivity contribution in [1.82, 2.24) is 5.32 Å². The van der Waals surface area contributed by atoms with Crippen LogP contribution < -0.4 is 5.32 Å². The Morgan fingerprint density at radius 1 is 1.34 bits per heavy atom. The van der Waals surface area contributed by atoms with Gasteiger partial charge < -0.3 is 39.2 Å². The topological polar surface area (TPSA) is 116 Å². The van der Waals surface area contributed by atoms with E-state index in [1.807, 2.05) is 6.92 Å². The number of methoxy groups -OCH3 is 1. The van der Waals surface area contributed by atoms with Crippen LogP contribution in [0, 0.1) is 11.3 Å². The molecule has 3 fully saturated rings. The number of ether oxygens (including phenoxy) is 5. The average Bonchev–Trinajstić information content (AvgIpc) is 2.74. The molecule has 0 aromatic carbocycles. The minimum Gasteiger partial charge on any atom is -0.394 e. The fourth-order valence-electron chi connectivity index (χ4n) is 4.40. The third kappa shape index (κ3) is 3.97. The van der Waals surface area contributed by atoms with E-state index in [9.17, 15) is 15.0 Å². The number of aliphatic hydroxyl groups is 2. The van der Waals surface area contributed by atoms with Crippen molar-refractivity contribution < 1.29 is 47.5 Å². The summed E-state index contributed by atoms with van der Waals surface area (Å²) in [6, 6.07) is 0. The van der Waals surface area contributed by atoms with Crippen LogP contribution in [0.4, 0.5) is 8.78 Å². The van der Waals surface area contributed by atoms with Crippen LogP contribution in [0.25, 0.3) is 0 Å². The van der Waals surface area contributed by atoms with Crippen molar-refractivity contribution in [2.75, 3.05) is 20.5 Å². The molecule has 0 spiro atoms. The largest absolute Gasteiger partial charge is 0.394 e. The van der Waals surface area contributed by atoms with Crippen LogP contribution in [0.2, 0.25) is 0 Å². The molecule has 9 nitrogen and oxygen atoms in total. The zero-order valence-electron chi connectivity index (χ0n) is 19.0. The van der Waals surface area contributed by atoms with Crippen LogP contribution in [0.15, 0.2) is 12.2 Å². The molecule has 4 unspecified atom stereocenters. The van der Waals surface area contributed by atoms with Gasteiger partial charge in [0.05, 0.1) is 24.2 Å². The lowest BCUT2D eigenvalue weighted by molar-refractivity contribution is -0.372. The highest BCUT2D eigenvalue weighted by molar-refractivity contribution is 5.82. The lowest BCUT2D eigenvalue weighted by Crippen LogP contribution is -2.72. The lowest BCUT2D eigenvalue weighted by atomic mass is 9.73. The van der Waals surface area contributed by atoms with E-state index in [1.165, 1.54) is 21.0 Å². The van der Waals surface area contributed by atoms with Gasteiger partial charge >= 0.3 is 0 Å². The summed E-state index contributed by atoms with van der Waals surface area (Å²) in [7, 11) is 1.30. The molecule has 0 aliphatic carbocycles. The van der Waals surface area contributed by atoms with Gasteiger partial charge in [0.15, 0.2) is 18.4 Å². The molecule has 0 aromatic heterocycles. The molecule has 3 heterocycles. The number of alkyl halides is 2. The number of aliphatic hydroxyl groups excluding tert-OH is 2. The van der Waals surface area contributed by atoms with E-state index in [0.29, 0.717) is 0 Å². The number of carbonyl (C=O) groups excluding carboxylic acids is 1. The fraction of sp³-hybridized carbons (Fsp3) is 0.857. The Kier molecular flexibility index (Phi) is 7.04. The molecule has 8 atom stereocenters. The zero-order chi connectivity index (χ0) is 24.1. The summed E-state index contributed by atoms with van der Waals surface area (Å²) in [5, 5.41) is 22.8. The highest BCUT2D eigenvalue weighted by Crippen LogP contribution is 2.50. The first-order chi connectivity index (χ1) is 14.8. The Hall–Kier alpha value is -1.21. The SMILES string of the molecule is C=C1C[C@](OC)(C(O)C(=O)NC2OCO[C@H]3[C@@H]2OC(CO)C(C)(C)C3(F)F)O[C@H](C)C1C. The van der Waals surface area contributed by atoms with E-state index >= 15 is 8.78 Å². The van der Waals surface area contributed by atoms with Crippen LogP contribution in [-0.2, 0) is 28.5 Å². The lowest BCUT2D eigenvalue weighted by Gasteiger charge is -2.54. The van der Waals surface area contributed by atoms with Crippen molar-refractivity contribution in [3.05, 3.63) is 12.2 Å². The number of amides is 1. The number of rotatable bonds is 5. The minimum atomic E-state index is -3.39. The van der Waals surface area contributed by atoms with Crippen molar-refractivity contribution >= 4 is 5.91 Å². The van der Waals surface area contributed by atoms with E-state index in [-0.39, 0.29) is 18.4 Å². The van der Waals surface area contributed by atoms with Crippen LogP contribution in [0.5, 0.6) is 0 Å². The molecule has 3 aliphatic heterocycles. The molecular formula is C21H33F2NO8. The molecule has 0 radical (unpaired) electrons. The summed E-state index contributed by atoms with van der Waals surface area (Å²) >= 11 is 0. The van der Waals surface area contributed by atoms with Gasteiger partial charge in [0, 0.05) is 19.4 Å². The molecular weight excluding hydrogens is 432 g/mol.